The number of rotatable bonds is 5. The predicted molar refractivity (Wildman–Crippen MR) is 118 cm³/mol. The van der Waals surface area contributed by atoms with Crippen molar-refractivity contribution in [2.45, 2.75) is 58.4 Å². The SMILES string of the molecule is CC(C)C(O)(c1ccc2cc(O[Si](C)(C)C(C)(C)C)ccc2c1)c1cnc[nH]1. The first-order chi connectivity index (χ1) is 12.9. The highest BCUT2D eigenvalue weighted by Crippen LogP contribution is 2.39. The summed E-state index contributed by atoms with van der Waals surface area (Å²) in [7, 11) is -1.88. The van der Waals surface area contributed by atoms with Gasteiger partial charge in [0.15, 0.2) is 0 Å². The molecule has 1 aromatic heterocycles. The maximum atomic E-state index is 11.5. The van der Waals surface area contributed by atoms with Gasteiger partial charge in [0, 0.05) is 0 Å². The van der Waals surface area contributed by atoms with Crippen LogP contribution in [-0.2, 0) is 5.60 Å². The minimum absolute atomic E-state index is 0.00779. The molecule has 0 spiro atoms. The standard InChI is InChI=1S/C23H32N2O2Si/c1-16(2)23(26,21-14-24-15-25-21)19-10-8-18-13-20(11-9-17(18)12-19)27-28(6,7)22(3,4)5/h8-16,26H,1-7H3,(H,24,25). The Balaban J connectivity index is 2.00. The van der Waals surface area contributed by atoms with Crippen LogP contribution in [0.15, 0.2) is 48.9 Å². The van der Waals surface area contributed by atoms with E-state index in [1.165, 1.54) is 0 Å². The molecule has 1 unspecified atom stereocenters. The highest BCUT2D eigenvalue weighted by atomic mass is 28.4. The summed E-state index contributed by atoms with van der Waals surface area (Å²) >= 11 is 0. The number of aromatic amines is 1. The Morgan fingerprint density at radius 1 is 1.04 bits per heavy atom. The van der Waals surface area contributed by atoms with Gasteiger partial charge in [-0.3, -0.25) is 0 Å². The van der Waals surface area contributed by atoms with Crippen LogP contribution < -0.4 is 4.43 Å². The number of H-pyrrole nitrogens is 1. The smallest absolute Gasteiger partial charge is 0.250 e. The summed E-state index contributed by atoms with van der Waals surface area (Å²) in [5.74, 6) is 0.908. The van der Waals surface area contributed by atoms with Crippen molar-refractivity contribution >= 4 is 19.1 Å². The average Bonchev–Trinajstić information content (AvgIpc) is 3.14. The van der Waals surface area contributed by atoms with Crippen LogP contribution in [0.2, 0.25) is 18.1 Å². The third-order valence-corrected chi connectivity index (χ3v) is 10.5. The van der Waals surface area contributed by atoms with Crippen molar-refractivity contribution in [2.24, 2.45) is 5.92 Å². The molecule has 0 fully saturated rings. The van der Waals surface area contributed by atoms with Crippen molar-refractivity contribution in [3.63, 3.8) is 0 Å². The minimum Gasteiger partial charge on any atom is -0.543 e. The number of hydrogen-bond acceptors (Lipinski definition) is 3. The largest absolute Gasteiger partial charge is 0.543 e. The third-order valence-electron chi connectivity index (χ3n) is 6.18. The molecule has 5 heteroatoms. The molecule has 0 aliphatic carbocycles. The van der Waals surface area contributed by atoms with Crippen LogP contribution in [0.3, 0.4) is 0 Å². The van der Waals surface area contributed by atoms with Gasteiger partial charge in [0.1, 0.15) is 11.4 Å². The molecule has 0 radical (unpaired) electrons. The number of imidazole rings is 1. The Hall–Kier alpha value is -2.11. The molecule has 4 nitrogen and oxygen atoms in total. The normalized spacial score (nSPS) is 15.0. The fourth-order valence-electron chi connectivity index (χ4n) is 3.24. The molecular weight excluding hydrogens is 364 g/mol. The van der Waals surface area contributed by atoms with Crippen LogP contribution in [0.5, 0.6) is 5.75 Å². The van der Waals surface area contributed by atoms with Crippen molar-refractivity contribution < 1.29 is 9.53 Å². The zero-order valence-electron chi connectivity index (χ0n) is 18.0. The predicted octanol–water partition coefficient (Wildman–Crippen LogP) is 5.84. The molecule has 1 atom stereocenters. The fraction of sp³-hybridized carbons (Fsp3) is 0.435. The number of nitrogens with zero attached hydrogens (tertiary/aromatic N) is 1. The van der Waals surface area contributed by atoms with E-state index in [0.717, 1.165) is 22.1 Å². The van der Waals surface area contributed by atoms with Gasteiger partial charge in [0.2, 0.25) is 8.32 Å². The molecule has 28 heavy (non-hydrogen) atoms. The van der Waals surface area contributed by atoms with E-state index in [2.05, 4.69) is 68.1 Å². The lowest BCUT2D eigenvalue weighted by Gasteiger charge is -2.36. The van der Waals surface area contributed by atoms with Gasteiger partial charge >= 0.3 is 0 Å². The first kappa shape index (κ1) is 20.6. The van der Waals surface area contributed by atoms with Crippen molar-refractivity contribution in [3.8, 4) is 5.75 Å². The maximum Gasteiger partial charge on any atom is 0.250 e. The first-order valence-corrected chi connectivity index (χ1v) is 12.8. The molecule has 2 N–H and O–H groups in total. The molecule has 0 saturated carbocycles. The van der Waals surface area contributed by atoms with Gasteiger partial charge < -0.3 is 14.5 Å². The van der Waals surface area contributed by atoms with Gasteiger partial charge in [0.25, 0.3) is 0 Å². The van der Waals surface area contributed by atoms with Crippen molar-refractivity contribution in [1.82, 2.24) is 9.97 Å². The molecule has 0 aliphatic rings. The summed E-state index contributed by atoms with van der Waals surface area (Å²) in [6.07, 6.45) is 3.30. The van der Waals surface area contributed by atoms with Gasteiger partial charge in [-0.1, -0.05) is 52.8 Å². The zero-order valence-corrected chi connectivity index (χ0v) is 19.0. The van der Waals surface area contributed by atoms with Gasteiger partial charge in [-0.2, -0.15) is 0 Å². The van der Waals surface area contributed by atoms with Crippen molar-refractivity contribution in [2.75, 3.05) is 0 Å². The molecule has 3 rings (SSSR count). The second-order valence-corrected chi connectivity index (χ2v) is 14.2. The van der Waals surface area contributed by atoms with E-state index in [4.69, 9.17) is 4.43 Å². The Labute approximate surface area is 169 Å². The van der Waals surface area contributed by atoms with Crippen LogP contribution in [0, 0.1) is 5.92 Å². The van der Waals surface area contributed by atoms with E-state index in [1.807, 2.05) is 26.0 Å². The molecule has 3 aromatic rings. The van der Waals surface area contributed by atoms with E-state index in [0.29, 0.717) is 5.69 Å². The lowest BCUT2D eigenvalue weighted by atomic mass is 9.80. The van der Waals surface area contributed by atoms with Crippen molar-refractivity contribution in [1.29, 1.82) is 0 Å². The molecular formula is C23H32N2O2Si. The molecule has 0 amide bonds. The monoisotopic (exact) mass is 396 g/mol. The van der Waals surface area contributed by atoms with Crippen molar-refractivity contribution in [3.05, 3.63) is 60.2 Å². The number of aromatic nitrogens is 2. The highest BCUT2D eigenvalue weighted by molar-refractivity contribution is 6.74. The van der Waals surface area contributed by atoms with Crippen LogP contribution in [-0.4, -0.2) is 23.4 Å². The van der Waals surface area contributed by atoms with Gasteiger partial charge in [-0.25, -0.2) is 4.98 Å². The topological polar surface area (TPSA) is 58.1 Å². The molecule has 150 valence electrons. The quantitative estimate of drug-likeness (QED) is 0.533. The summed E-state index contributed by atoms with van der Waals surface area (Å²) < 4.78 is 6.45. The van der Waals surface area contributed by atoms with Crippen LogP contribution in [0.1, 0.15) is 45.9 Å². The number of nitrogens with one attached hydrogen (secondary N) is 1. The van der Waals surface area contributed by atoms with E-state index in [1.54, 1.807) is 12.5 Å². The Kier molecular flexibility index (Phi) is 5.19. The lowest BCUT2D eigenvalue weighted by Crippen LogP contribution is -2.43. The molecule has 0 bridgehead atoms. The molecule has 1 heterocycles. The number of aliphatic hydroxyl groups is 1. The van der Waals surface area contributed by atoms with Gasteiger partial charge in [0.05, 0.1) is 18.2 Å². The second-order valence-electron chi connectivity index (χ2n) is 9.47. The Bertz CT molecular complexity index is 958. The molecule has 0 aliphatic heterocycles. The van der Waals surface area contributed by atoms with E-state index in [9.17, 15) is 5.11 Å². The number of fused-ring (bicyclic) bond motifs is 1. The molecule has 2 aromatic carbocycles. The second kappa shape index (κ2) is 7.05. The van der Waals surface area contributed by atoms with Crippen LogP contribution in [0.4, 0.5) is 0 Å². The van der Waals surface area contributed by atoms with E-state index < -0.39 is 13.9 Å². The molecule has 0 saturated heterocycles. The highest BCUT2D eigenvalue weighted by Gasteiger charge is 2.39. The summed E-state index contributed by atoms with van der Waals surface area (Å²) in [6, 6.07) is 12.3. The minimum atomic E-state index is -1.88. The van der Waals surface area contributed by atoms with E-state index >= 15 is 0 Å². The number of hydrogen-bond donors (Lipinski definition) is 2. The average molecular weight is 397 g/mol. The van der Waals surface area contributed by atoms with Gasteiger partial charge in [-0.05, 0) is 58.6 Å². The maximum absolute atomic E-state index is 11.5. The lowest BCUT2D eigenvalue weighted by molar-refractivity contribution is 0.0281. The number of benzene rings is 2. The fourth-order valence-corrected chi connectivity index (χ4v) is 4.26. The summed E-state index contributed by atoms with van der Waals surface area (Å²) in [5.41, 5.74) is 0.457. The summed E-state index contributed by atoms with van der Waals surface area (Å²) in [4.78, 5) is 7.17. The van der Waals surface area contributed by atoms with Crippen LogP contribution >= 0.6 is 0 Å². The van der Waals surface area contributed by atoms with Gasteiger partial charge in [-0.15, -0.1) is 0 Å². The summed E-state index contributed by atoms with van der Waals surface area (Å²) in [5, 5.41) is 13.8. The Morgan fingerprint density at radius 3 is 2.25 bits per heavy atom. The third kappa shape index (κ3) is 3.61. The van der Waals surface area contributed by atoms with Crippen LogP contribution in [0.25, 0.3) is 10.8 Å². The summed E-state index contributed by atoms with van der Waals surface area (Å²) in [6.45, 7) is 15.3. The van der Waals surface area contributed by atoms with E-state index in [-0.39, 0.29) is 11.0 Å². The Morgan fingerprint density at radius 2 is 1.68 bits per heavy atom. The first-order valence-electron chi connectivity index (χ1n) is 9.90. The zero-order chi connectivity index (χ0) is 20.7.